The van der Waals surface area contributed by atoms with Crippen LogP contribution in [0.5, 0.6) is 5.75 Å². The lowest BCUT2D eigenvalue weighted by atomic mass is 10.1. The predicted octanol–water partition coefficient (Wildman–Crippen LogP) is 1.14. The molecule has 4 heteroatoms. The highest BCUT2D eigenvalue weighted by molar-refractivity contribution is 5.58. The zero-order chi connectivity index (χ0) is 11.7. The number of rotatable bonds is 2. The Morgan fingerprint density at radius 2 is 2.06 bits per heavy atom. The van der Waals surface area contributed by atoms with E-state index in [9.17, 15) is 0 Å². The maximum atomic E-state index is 5.49. The molecule has 1 fully saturated rings. The number of hydrogen-bond acceptors (Lipinski definition) is 4. The molecule has 0 unspecified atom stereocenters. The molecule has 0 aromatic heterocycles. The Bertz CT molecular complexity index is 414. The Hall–Kier alpha value is -1.26. The molecule has 2 aliphatic heterocycles. The van der Waals surface area contributed by atoms with E-state index in [1.807, 2.05) is 0 Å². The number of ether oxygens (including phenoxy) is 2. The lowest BCUT2D eigenvalue weighted by molar-refractivity contribution is 0.122. The van der Waals surface area contributed by atoms with Crippen molar-refractivity contribution in [1.29, 1.82) is 0 Å². The summed E-state index contributed by atoms with van der Waals surface area (Å²) in [7, 11) is 1.75. The van der Waals surface area contributed by atoms with Crippen molar-refractivity contribution >= 4 is 5.69 Å². The zero-order valence-electron chi connectivity index (χ0n) is 10.2. The van der Waals surface area contributed by atoms with E-state index >= 15 is 0 Å². The molecule has 1 saturated heterocycles. The normalized spacial score (nSPS) is 19.2. The van der Waals surface area contributed by atoms with Gasteiger partial charge in [-0.1, -0.05) is 0 Å². The number of nitrogens with zero attached hydrogens (tertiary/aromatic N) is 1. The van der Waals surface area contributed by atoms with E-state index in [-0.39, 0.29) is 0 Å². The minimum absolute atomic E-state index is 0.817. The number of anilines is 1. The first-order chi connectivity index (χ1) is 8.38. The van der Waals surface area contributed by atoms with Crippen LogP contribution in [0.2, 0.25) is 0 Å². The van der Waals surface area contributed by atoms with Gasteiger partial charge in [-0.2, -0.15) is 0 Å². The van der Waals surface area contributed by atoms with Crippen molar-refractivity contribution in [3.05, 3.63) is 23.3 Å². The minimum Gasteiger partial charge on any atom is -0.496 e. The van der Waals surface area contributed by atoms with Crippen molar-refractivity contribution in [1.82, 2.24) is 5.32 Å². The third kappa shape index (κ3) is 1.98. The van der Waals surface area contributed by atoms with Crippen LogP contribution < -0.4 is 15.0 Å². The summed E-state index contributed by atoms with van der Waals surface area (Å²) in [5.41, 5.74) is 3.93. The molecule has 17 heavy (non-hydrogen) atoms. The van der Waals surface area contributed by atoms with Gasteiger partial charge in [-0.05, 0) is 11.6 Å². The molecule has 2 heterocycles. The number of nitrogens with one attached hydrogen (secondary N) is 1. The lowest BCUT2D eigenvalue weighted by Crippen LogP contribution is -2.36. The van der Waals surface area contributed by atoms with E-state index in [2.05, 4.69) is 22.3 Å². The number of morpholine rings is 1. The van der Waals surface area contributed by atoms with Crippen LogP contribution in [0.3, 0.4) is 0 Å². The smallest absolute Gasteiger partial charge is 0.125 e. The van der Waals surface area contributed by atoms with Crippen molar-refractivity contribution in [3.8, 4) is 5.75 Å². The topological polar surface area (TPSA) is 33.7 Å². The van der Waals surface area contributed by atoms with E-state index in [0.29, 0.717) is 0 Å². The highest BCUT2D eigenvalue weighted by Gasteiger charge is 2.19. The zero-order valence-corrected chi connectivity index (χ0v) is 10.2. The summed E-state index contributed by atoms with van der Waals surface area (Å²) >= 11 is 0. The summed E-state index contributed by atoms with van der Waals surface area (Å²) < 4.78 is 10.9. The number of methoxy groups -OCH3 is 1. The summed E-state index contributed by atoms with van der Waals surface area (Å²) in [5.74, 6) is 1.01. The quantitative estimate of drug-likeness (QED) is 0.832. The van der Waals surface area contributed by atoms with Crippen LogP contribution in [-0.4, -0.2) is 33.4 Å². The molecule has 4 nitrogen and oxygen atoms in total. The summed E-state index contributed by atoms with van der Waals surface area (Å²) in [5, 5.41) is 3.37. The standard InChI is InChI=1S/C13H18N2O2/c1-16-13-7-11(15-2-4-17-5-3-15)6-10-8-14-9-12(10)13/h6-7,14H,2-5,8-9H2,1H3. The fourth-order valence-corrected chi connectivity index (χ4v) is 2.55. The molecule has 1 N–H and O–H groups in total. The van der Waals surface area contributed by atoms with Crippen molar-refractivity contribution in [2.75, 3.05) is 38.3 Å². The molecular weight excluding hydrogens is 216 g/mol. The Morgan fingerprint density at radius 3 is 2.82 bits per heavy atom. The second kappa shape index (κ2) is 4.55. The van der Waals surface area contributed by atoms with E-state index in [0.717, 1.165) is 45.1 Å². The summed E-state index contributed by atoms with van der Waals surface area (Å²) in [4.78, 5) is 2.37. The van der Waals surface area contributed by atoms with Gasteiger partial charge >= 0.3 is 0 Å². The maximum Gasteiger partial charge on any atom is 0.125 e. The summed E-state index contributed by atoms with van der Waals surface area (Å²) in [6.07, 6.45) is 0. The first-order valence-electron chi connectivity index (χ1n) is 6.11. The van der Waals surface area contributed by atoms with Gasteiger partial charge in [-0.3, -0.25) is 0 Å². The van der Waals surface area contributed by atoms with Gasteiger partial charge in [-0.25, -0.2) is 0 Å². The molecule has 0 bridgehead atoms. The van der Waals surface area contributed by atoms with E-state index in [4.69, 9.17) is 9.47 Å². The van der Waals surface area contributed by atoms with E-state index < -0.39 is 0 Å². The van der Waals surface area contributed by atoms with Gasteiger partial charge in [0, 0.05) is 43.5 Å². The highest BCUT2D eigenvalue weighted by Crippen LogP contribution is 2.32. The molecule has 2 aliphatic rings. The van der Waals surface area contributed by atoms with Crippen LogP contribution in [0.4, 0.5) is 5.69 Å². The summed E-state index contributed by atoms with van der Waals surface area (Å²) in [6.45, 7) is 5.44. The van der Waals surface area contributed by atoms with Crippen molar-refractivity contribution in [2.24, 2.45) is 0 Å². The average molecular weight is 234 g/mol. The average Bonchev–Trinajstić information content (AvgIpc) is 2.86. The summed E-state index contributed by atoms with van der Waals surface area (Å²) in [6, 6.07) is 4.43. The molecule has 0 amide bonds. The largest absolute Gasteiger partial charge is 0.496 e. The van der Waals surface area contributed by atoms with Gasteiger partial charge in [0.1, 0.15) is 5.75 Å². The number of benzene rings is 1. The van der Waals surface area contributed by atoms with E-state index in [1.165, 1.54) is 16.8 Å². The lowest BCUT2D eigenvalue weighted by Gasteiger charge is -2.29. The predicted molar refractivity (Wildman–Crippen MR) is 66.6 cm³/mol. The molecule has 92 valence electrons. The third-order valence-corrected chi connectivity index (χ3v) is 3.50. The fraction of sp³-hybridized carbons (Fsp3) is 0.538. The molecule has 3 rings (SSSR count). The van der Waals surface area contributed by atoms with Gasteiger partial charge in [0.2, 0.25) is 0 Å². The van der Waals surface area contributed by atoms with Gasteiger partial charge in [0.25, 0.3) is 0 Å². The monoisotopic (exact) mass is 234 g/mol. The van der Waals surface area contributed by atoms with Crippen LogP contribution in [0, 0.1) is 0 Å². The molecule has 1 aromatic rings. The highest BCUT2D eigenvalue weighted by atomic mass is 16.5. The Labute approximate surface area is 102 Å². The molecule has 0 spiro atoms. The van der Waals surface area contributed by atoms with Gasteiger partial charge < -0.3 is 19.7 Å². The minimum atomic E-state index is 0.817. The van der Waals surface area contributed by atoms with Gasteiger partial charge in [-0.15, -0.1) is 0 Å². The van der Waals surface area contributed by atoms with Crippen LogP contribution >= 0.6 is 0 Å². The van der Waals surface area contributed by atoms with E-state index in [1.54, 1.807) is 7.11 Å². The second-order valence-electron chi connectivity index (χ2n) is 4.49. The molecule has 0 radical (unpaired) electrons. The Kier molecular flexibility index (Phi) is 2.91. The van der Waals surface area contributed by atoms with Gasteiger partial charge in [0.15, 0.2) is 0 Å². The fourth-order valence-electron chi connectivity index (χ4n) is 2.55. The molecule has 0 atom stereocenters. The van der Waals surface area contributed by atoms with Crippen LogP contribution in [0.25, 0.3) is 0 Å². The molecule has 1 aromatic carbocycles. The van der Waals surface area contributed by atoms with Crippen molar-refractivity contribution in [2.45, 2.75) is 13.1 Å². The Morgan fingerprint density at radius 1 is 1.24 bits per heavy atom. The van der Waals surface area contributed by atoms with Crippen LogP contribution in [0.15, 0.2) is 12.1 Å². The van der Waals surface area contributed by atoms with Gasteiger partial charge in [0.05, 0.1) is 20.3 Å². The maximum absolute atomic E-state index is 5.49. The number of fused-ring (bicyclic) bond motifs is 1. The first-order valence-corrected chi connectivity index (χ1v) is 6.11. The molecule has 0 saturated carbocycles. The Balaban J connectivity index is 1.94. The first kappa shape index (κ1) is 10.9. The van der Waals surface area contributed by atoms with Crippen LogP contribution in [-0.2, 0) is 17.8 Å². The third-order valence-electron chi connectivity index (χ3n) is 3.50. The SMILES string of the molecule is COc1cc(N2CCOCC2)cc2c1CNC2. The molecular formula is C13H18N2O2. The van der Waals surface area contributed by atoms with Crippen molar-refractivity contribution < 1.29 is 9.47 Å². The second-order valence-corrected chi connectivity index (χ2v) is 4.49. The van der Waals surface area contributed by atoms with Crippen molar-refractivity contribution in [3.63, 3.8) is 0 Å². The molecule has 0 aliphatic carbocycles. The van der Waals surface area contributed by atoms with Crippen LogP contribution in [0.1, 0.15) is 11.1 Å². The number of hydrogen-bond donors (Lipinski definition) is 1.